The number of aromatic amines is 2. The molecule has 44 heavy (non-hydrogen) atoms. The summed E-state index contributed by atoms with van der Waals surface area (Å²) in [5.41, 5.74) is 4.48. The fraction of sp³-hybridized carbons (Fsp3) is 0.538. The maximum atomic E-state index is 12.7. The van der Waals surface area contributed by atoms with Crippen molar-refractivity contribution >= 4 is 54.5 Å². The Morgan fingerprint density at radius 3 is 1.20 bits per heavy atom. The lowest BCUT2D eigenvalue weighted by Gasteiger charge is -2.24. The molecule has 0 atom stereocenters. The highest BCUT2D eigenvalue weighted by Crippen LogP contribution is 2.33. The Morgan fingerprint density at radius 2 is 0.977 bits per heavy atom. The number of nitrogens with zero attached hydrogens (tertiary/aromatic N) is 2. The number of H-pyrrole nitrogens is 2. The van der Waals surface area contributed by atoms with Crippen LogP contribution < -0.4 is 0 Å². The van der Waals surface area contributed by atoms with Gasteiger partial charge >= 0.3 is 11.9 Å². The van der Waals surface area contributed by atoms with Gasteiger partial charge in [-0.15, -0.1) is 0 Å². The third-order valence-electron chi connectivity index (χ3n) is 5.56. The lowest BCUT2D eigenvalue weighted by molar-refractivity contribution is -0.883. The molecular formula is C26H42N4O12S2. The predicted molar refractivity (Wildman–Crippen MR) is 159 cm³/mol. The number of ether oxygens (including phenoxy) is 2. The number of rotatable bonds is 10. The summed E-state index contributed by atoms with van der Waals surface area (Å²) in [6, 6.07) is 4.05. The molecule has 2 aromatic heterocycles. The maximum absolute atomic E-state index is 12.7. The summed E-state index contributed by atoms with van der Waals surface area (Å²) in [6.45, 7) is 5.54. The van der Waals surface area contributed by atoms with Crippen LogP contribution in [0.5, 0.6) is 0 Å². The van der Waals surface area contributed by atoms with E-state index in [2.05, 4.69) is 66.7 Å². The second-order valence-electron chi connectivity index (χ2n) is 11.4. The number of carbonyl (C=O) groups is 2. The van der Waals surface area contributed by atoms with Crippen molar-refractivity contribution in [2.75, 3.05) is 69.7 Å². The molecule has 16 nitrogen and oxygen atoms in total. The number of hydrogen-bond acceptors (Lipinski definition) is 12. The highest BCUT2D eigenvalue weighted by Gasteiger charge is 2.27. The molecule has 0 aliphatic carbocycles. The summed E-state index contributed by atoms with van der Waals surface area (Å²) in [5, 5.41) is 1.93. The molecule has 0 bridgehead atoms. The molecule has 1 aromatic carbocycles. The van der Waals surface area contributed by atoms with Gasteiger partial charge in [-0.3, -0.25) is 8.37 Å². The lowest BCUT2D eigenvalue weighted by atomic mass is 10.0. The van der Waals surface area contributed by atoms with Gasteiger partial charge in [-0.2, -0.15) is 0 Å². The van der Waals surface area contributed by atoms with Crippen LogP contribution in [0.4, 0.5) is 0 Å². The molecule has 0 saturated heterocycles. The first kappa shape index (κ1) is 38.9. The van der Waals surface area contributed by atoms with Gasteiger partial charge in [0.15, 0.2) is 0 Å². The first-order valence-corrected chi connectivity index (χ1v) is 15.8. The molecule has 0 unspecified atom stereocenters. The molecule has 0 radical (unpaired) electrons. The van der Waals surface area contributed by atoms with Crippen LogP contribution in [0.3, 0.4) is 0 Å². The second-order valence-corrected chi connectivity index (χ2v) is 13.7. The highest BCUT2D eigenvalue weighted by molar-refractivity contribution is 7.81. The smallest absolute Gasteiger partial charge is 0.355 e. The number of carbonyl (C=O) groups excluding carboxylic acids is 2. The van der Waals surface area contributed by atoms with Crippen molar-refractivity contribution in [1.29, 1.82) is 0 Å². The van der Waals surface area contributed by atoms with Crippen molar-refractivity contribution in [3.05, 3.63) is 34.6 Å². The van der Waals surface area contributed by atoms with E-state index in [4.69, 9.17) is 9.47 Å². The van der Waals surface area contributed by atoms with Crippen LogP contribution in [0.25, 0.3) is 21.8 Å². The Morgan fingerprint density at radius 1 is 0.682 bits per heavy atom. The zero-order valence-electron chi connectivity index (χ0n) is 26.6. The van der Waals surface area contributed by atoms with Crippen molar-refractivity contribution < 1.29 is 62.3 Å². The van der Waals surface area contributed by atoms with Crippen molar-refractivity contribution in [3.8, 4) is 0 Å². The first-order chi connectivity index (χ1) is 20.0. The number of fused-ring (bicyclic) bond motifs is 2. The number of esters is 2. The summed E-state index contributed by atoms with van der Waals surface area (Å²) >= 11 is 0. The summed E-state index contributed by atoms with van der Waals surface area (Å²) in [6.07, 6.45) is 0. The molecule has 0 fully saturated rings. The summed E-state index contributed by atoms with van der Waals surface area (Å²) in [5.74, 6) is -0.704. The van der Waals surface area contributed by atoms with E-state index in [1.807, 2.05) is 6.07 Å². The average molecular weight is 667 g/mol. The van der Waals surface area contributed by atoms with Crippen molar-refractivity contribution in [1.82, 2.24) is 9.97 Å². The van der Waals surface area contributed by atoms with Crippen LogP contribution in [0, 0.1) is 0 Å². The molecule has 0 spiro atoms. The summed E-state index contributed by atoms with van der Waals surface area (Å²) in [7, 11) is 5.32. The topological polar surface area (TPSA) is 217 Å². The molecule has 0 saturated carbocycles. The van der Waals surface area contributed by atoms with Crippen LogP contribution in [0.15, 0.2) is 12.1 Å². The molecule has 0 amide bonds. The number of aromatic nitrogens is 2. The minimum Gasteiger partial charge on any atom is -0.726 e. The number of quaternary nitrogens is 2. The molecule has 3 rings (SSSR count). The molecule has 3 aromatic rings. The molecular weight excluding hydrogens is 624 g/mol. The fourth-order valence-corrected chi connectivity index (χ4v) is 4.03. The molecule has 0 aliphatic heterocycles. The standard InChI is InChI=1S/C24H35N4O4.2CH4O4S/c1-9-31-23(29)21-17(13-27(3,4)5)15-11-16-18(14-28(6,7)8)22(24(30)32-10-2)26-20(16)12-19(15)25-21;2*1-5-6(2,3)4/h11-12H,9-10,13-14H2,1-8H3,(H-,25,26,29,30);2*1H3,(H,2,3,4)/q+1;;/p-1. The summed E-state index contributed by atoms with van der Waals surface area (Å²) < 4.78 is 74.0. The summed E-state index contributed by atoms with van der Waals surface area (Å²) in [4.78, 5) is 31.9. The van der Waals surface area contributed by atoms with Gasteiger partial charge in [-0.1, -0.05) is 0 Å². The second kappa shape index (κ2) is 15.3. The van der Waals surface area contributed by atoms with Crippen molar-refractivity contribution in [3.63, 3.8) is 0 Å². The van der Waals surface area contributed by atoms with E-state index in [1.54, 1.807) is 13.8 Å². The van der Waals surface area contributed by atoms with Crippen LogP contribution in [-0.2, 0) is 51.7 Å². The molecule has 250 valence electrons. The van der Waals surface area contributed by atoms with E-state index < -0.39 is 20.8 Å². The van der Waals surface area contributed by atoms with Gasteiger partial charge in [0, 0.05) is 32.9 Å². The average Bonchev–Trinajstić information content (AvgIpc) is 3.38. The Balaban J connectivity index is 0.000000681. The SMILES string of the molecule is CCOC(=O)c1[nH]c2cc3[nH]c(C(=O)OCC)c(C[N+](C)(C)C)c3cc2c1C[N+](C)(C)C.COS(=O)(=O)[O-].COS(=O)(=O)[O-]. The molecule has 2 N–H and O–H groups in total. The van der Waals surface area contributed by atoms with Gasteiger partial charge in [0.25, 0.3) is 0 Å². The molecule has 18 heteroatoms. The van der Waals surface area contributed by atoms with E-state index in [0.29, 0.717) is 46.7 Å². The number of nitrogens with one attached hydrogen (secondary N) is 2. The van der Waals surface area contributed by atoms with E-state index in [9.17, 15) is 35.5 Å². The van der Waals surface area contributed by atoms with Gasteiger partial charge in [-0.25, -0.2) is 26.4 Å². The third-order valence-corrected chi connectivity index (χ3v) is 6.38. The van der Waals surface area contributed by atoms with Crippen LogP contribution in [0.2, 0.25) is 0 Å². The monoisotopic (exact) mass is 666 g/mol. The number of benzene rings is 1. The van der Waals surface area contributed by atoms with Gasteiger partial charge < -0.3 is 37.5 Å². The molecule has 0 aliphatic rings. The van der Waals surface area contributed by atoms with Gasteiger partial charge in [-0.05, 0) is 26.0 Å². The van der Waals surface area contributed by atoms with Crippen molar-refractivity contribution in [2.24, 2.45) is 0 Å². The quantitative estimate of drug-likeness (QED) is 0.137. The lowest BCUT2D eigenvalue weighted by Crippen LogP contribution is -2.34. The van der Waals surface area contributed by atoms with E-state index in [1.165, 1.54) is 0 Å². The third kappa shape index (κ3) is 12.5. The Labute approximate surface area is 257 Å². The zero-order chi connectivity index (χ0) is 34.3. The molecule has 2 heterocycles. The van der Waals surface area contributed by atoms with Gasteiger partial charge in [0.05, 0.1) is 69.7 Å². The zero-order valence-corrected chi connectivity index (χ0v) is 28.2. The van der Waals surface area contributed by atoms with E-state index in [-0.39, 0.29) is 11.9 Å². The van der Waals surface area contributed by atoms with Crippen LogP contribution in [0.1, 0.15) is 46.0 Å². The van der Waals surface area contributed by atoms with Crippen molar-refractivity contribution in [2.45, 2.75) is 26.9 Å². The van der Waals surface area contributed by atoms with E-state index >= 15 is 0 Å². The maximum Gasteiger partial charge on any atom is 0.355 e. The number of hydrogen-bond donors (Lipinski definition) is 2. The van der Waals surface area contributed by atoms with Gasteiger partial charge in [0.2, 0.25) is 20.8 Å². The largest absolute Gasteiger partial charge is 0.726 e. The fourth-order valence-electron chi connectivity index (χ4n) is 4.03. The van der Waals surface area contributed by atoms with E-state index in [0.717, 1.165) is 47.2 Å². The minimum atomic E-state index is -4.41. The predicted octanol–water partition coefficient (Wildman–Crippen LogP) is 1.60. The Bertz CT molecular complexity index is 1540. The Hall–Kier alpha value is -3.10. The van der Waals surface area contributed by atoms with Gasteiger partial charge in [0.1, 0.15) is 24.5 Å². The minimum absolute atomic E-state index is 0.315. The van der Waals surface area contributed by atoms with Crippen LogP contribution in [-0.4, -0.2) is 127 Å². The highest BCUT2D eigenvalue weighted by atomic mass is 32.3. The Kier molecular flexibility index (Phi) is 13.5. The van der Waals surface area contributed by atoms with Crippen LogP contribution >= 0.6 is 0 Å². The normalized spacial score (nSPS) is 12.3. The first-order valence-electron chi connectivity index (χ1n) is 13.1.